The number of carbonyl (C=O) groups is 1. The van der Waals surface area contributed by atoms with Crippen molar-refractivity contribution in [3.63, 3.8) is 0 Å². The molecule has 1 aromatic heterocycles. The molecule has 0 spiro atoms. The number of carbonyl (C=O) groups excluding carboxylic acids is 1. The summed E-state index contributed by atoms with van der Waals surface area (Å²) in [6.45, 7) is 5.76. The van der Waals surface area contributed by atoms with E-state index in [0.29, 0.717) is 0 Å². The van der Waals surface area contributed by atoms with Gasteiger partial charge in [0.05, 0.1) is 6.04 Å². The van der Waals surface area contributed by atoms with Crippen LogP contribution in [-0.4, -0.2) is 27.0 Å². The number of hydrazine groups is 1. The maximum absolute atomic E-state index is 13.9. The Balaban J connectivity index is 1.50. The maximum atomic E-state index is 13.9. The van der Waals surface area contributed by atoms with E-state index in [9.17, 15) is 18.0 Å². The first-order valence-corrected chi connectivity index (χ1v) is 11.4. The molecule has 0 radical (unpaired) electrons. The SMILES string of the molecule is Cc1ccc([C@@H]2C[C@@H](C(F)(F)F)n3nc(C(=O)NNC(=S)Nc4ccccc4C)cc3N2)cc1C. The number of aromatic nitrogens is 2. The predicted octanol–water partition coefficient (Wildman–Crippen LogP) is 5.10. The average Bonchev–Trinajstić information content (AvgIpc) is 3.24. The lowest BCUT2D eigenvalue weighted by Crippen LogP contribution is -2.44. The zero-order chi connectivity index (χ0) is 25.3. The van der Waals surface area contributed by atoms with Crippen molar-refractivity contribution >= 4 is 34.7 Å². The molecule has 11 heteroatoms. The van der Waals surface area contributed by atoms with E-state index < -0.39 is 24.2 Å². The molecule has 35 heavy (non-hydrogen) atoms. The number of thiocarbonyl (C=S) groups is 1. The summed E-state index contributed by atoms with van der Waals surface area (Å²) < 4.78 is 42.6. The molecular weight excluding hydrogens is 477 g/mol. The molecule has 4 N–H and O–H groups in total. The minimum atomic E-state index is -4.54. The molecule has 3 aromatic rings. The summed E-state index contributed by atoms with van der Waals surface area (Å²) in [5.41, 5.74) is 9.27. The third kappa shape index (κ3) is 5.40. The summed E-state index contributed by atoms with van der Waals surface area (Å²) in [5, 5.41) is 10.1. The van der Waals surface area contributed by atoms with Crippen LogP contribution in [0.4, 0.5) is 24.7 Å². The third-order valence-corrected chi connectivity index (χ3v) is 6.24. The number of alkyl halides is 3. The van der Waals surface area contributed by atoms with Crippen molar-refractivity contribution in [2.45, 2.75) is 45.5 Å². The van der Waals surface area contributed by atoms with E-state index in [1.807, 2.05) is 63.2 Å². The second-order valence-corrected chi connectivity index (χ2v) is 8.95. The summed E-state index contributed by atoms with van der Waals surface area (Å²) in [5.74, 6) is -0.598. The van der Waals surface area contributed by atoms with Crippen molar-refractivity contribution in [3.05, 3.63) is 76.5 Å². The Morgan fingerprint density at radius 1 is 1.06 bits per heavy atom. The number of fused-ring (bicyclic) bond motifs is 1. The Labute approximate surface area is 206 Å². The quantitative estimate of drug-likeness (QED) is 0.295. The second-order valence-electron chi connectivity index (χ2n) is 8.54. The molecule has 0 unspecified atom stereocenters. The number of anilines is 2. The Morgan fingerprint density at radius 3 is 2.49 bits per heavy atom. The van der Waals surface area contributed by atoms with Crippen LogP contribution in [0.3, 0.4) is 0 Å². The largest absolute Gasteiger partial charge is 0.410 e. The van der Waals surface area contributed by atoms with Gasteiger partial charge in [0, 0.05) is 18.2 Å². The van der Waals surface area contributed by atoms with Crippen LogP contribution >= 0.6 is 12.2 Å². The molecule has 2 atom stereocenters. The Kier molecular flexibility index (Phi) is 6.70. The standard InChI is InChI=1S/C24H25F3N6OS/c1-13-8-9-16(10-15(13)3)18-11-20(24(25,26)27)33-21(28-18)12-19(32-33)22(34)30-31-23(35)29-17-7-5-4-6-14(17)2/h4-10,12,18,20,28H,11H2,1-3H3,(H,30,34)(H2,29,31,35)/t18-,20-/m0/s1. The summed E-state index contributed by atoms with van der Waals surface area (Å²) >= 11 is 5.18. The van der Waals surface area contributed by atoms with E-state index in [4.69, 9.17) is 12.2 Å². The van der Waals surface area contributed by atoms with Gasteiger partial charge in [-0.2, -0.15) is 18.3 Å². The first-order valence-electron chi connectivity index (χ1n) is 11.0. The minimum Gasteiger partial charge on any atom is -0.363 e. The number of aryl methyl sites for hydroxylation is 3. The highest BCUT2D eigenvalue weighted by Crippen LogP contribution is 2.43. The zero-order valence-electron chi connectivity index (χ0n) is 19.3. The number of benzene rings is 2. The van der Waals surface area contributed by atoms with Gasteiger partial charge in [-0.3, -0.25) is 15.6 Å². The molecule has 1 aliphatic rings. The minimum absolute atomic E-state index is 0.118. The lowest BCUT2D eigenvalue weighted by Gasteiger charge is -2.33. The van der Waals surface area contributed by atoms with Crippen LogP contribution in [0, 0.1) is 20.8 Å². The van der Waals surface area contributed by atoms with E-state index in [1.54, 1.807) is 0 Å². The molecule has 2 aromatic carbocycles. The van der Waals surface area contributed by atoms with Crippen molar-refractivity contribution in [3.8, 4) is 0 Å². The molecule has 184 valence electrons. The first-order chi connectivity index (χ1) is 16.5. The van der Waals surface area contributed by atoms with E-state index in [0.717, 1.165) is 32.6 Å². The van der Waals surface area contributed by atoms with Crippen molar-refractivity contribution < 1.29 is 18.0 Å². The highest BCUT2D eigenvalue weighted by atomic mass is 32.1. The molecule has 1 amide bonds. The molecule has 0 saturated heterocycles. The van der Waals surface area contributed by atoms with Crippen LogP contribution in [0.2, 0.25) is 0 Å². The molecule has 4 rings (SSSR count). The topological polar surface area (TPSA) is 83.0 Å². The van der Waals surface area contributed by atoms with Gasteiger partial charge in [-0.25, -0.2) is 4.68 Å². The fraction of sp³-hybridized carbons (Fsp3) is 0.292. The predicted molar refractivity (Wildman–Crippen MR) is 132 cm³/mol. The van der Waals surface area contributed by atoms with Crippen LogP contribution in [0.5, 0.6) is 0 Å². The third-order valence-electron chi connectivity index (χ3n) is 6.04. The summed E-state index contributed by atoms with van der Waals surface area (Å²) in [7, 11) is 0. The van der Waals surface area contributed by atoms with Gasteiger partial charge in [-0.1, -0.05) is 36.4 Å². The van der Waals surface area contributed by atoms with E-state index in [2.05, 4.69) is 26.6 Å². The molecule has 2 heterocycles. The number of para-hydroxylation sites is 1. The van der Waals surface area contributed by atoms with Gasteiger partial charge in [0.15, 0.2) is 16.8 Å². The van der Waals surface area contributed by atoms with Crippen molar-refractivity contribution in [2.75, 3.05) is 10.6 Å². The molecule has 0 fully saturated rings. The summed E-state index contributed by atoms with van der Waals surface area (Å²) in [4.78, 5) is 12.6. The van der Waals surface area contributed by atoms with Gasteiger partial charge in [-0.15, -0.1) is 0 Å². The number of amides is 1. The highest BCUT2D eigenvalue weighted by Gasteiger charge is 2.46. The van der Waals surface area contributed by atoms with Crippen LogP contribution < -0.4 is 21.5 Å². The molecule has 0 aliphatic carbocycles. The summed E-state index contributed by atoms with van der Waals surface area (Å²) in [6.07, 6.45) is -4.78. The van der Waals surface area contributed by atoms with Gasteiger partial charge in [-0.05, 0) is 61.3 Å². The fourth-order valence-corrected chi connectivity index (χ4v) is 4.09. The fourth-order valence-electron chi connectivity index (χ4n) is 3.93. The van der Waals surface area contributed by atoms with Crippen LogP contribution in [0.25, 0.3) is 0 Å². The van der Waals surface area contributed by atoms with Gasteiger partial charge < -0.3 is 10.6 Å². The molecule has 7 nitrogen and oxygen atoms in total. The van der Waals surface area contributed by atoms with Crippen molar-refractivity contribution in [1.29, 1.82) is 0 Å². The molecule has 0 saturated carbocycles. The summed E-state index contributed by atoms with van der Waals surface area (Å²) in [6, 6.07) is 11.9. The van der Waals surface area contributed by atoms with Crippen molar-refractivity contribution in [2.24, 2.45) is 0 Å². The van der Waals surface area contributed by atoms with E-state index in [-0.39, 0.29) is 23.0 Å². The van der Waals surface area contributed by atoms with Gasteiger partial charge >= 0.3 is 6.18 Å². The van der Waals surface area contributed by atoms with Gasteiger partial charge in [0.1, 0.15) is 5.82 Å². The van der Waals surface area contributed by atoms with Crippen molar-refractivity contribution in [1.82, 2.24) is 20.6 Å². The molecule has 0 bridgehead atoms. The second kappa shape index (κ2) is 9.57. The number of nitrogens with one attached hydrogen (secondary N) is 4. The Hall–Kier alpha value is -3.60. The highest BCUT2D eigenvalue weighted by molar-refractivity contribution is 7.80. The number of halogens is 3. The maximum Gasteiger partial charge on any atom is 0.410 e. The van der Waals surface area contributed by atoms with Crippen LogP contribution in [0.15, 0.2) is 48.5 Å². The van der Waals surface area contributed by atoms with E-state index >= 15 is 0 Å². The Bertz CT molecular complexity index is 1270. The monoisotopic (exact) mass is 502 g/mol. The Morgan fingerprint density at radius 2 is 1.80 bits per heavy atom. The molecular formula is C24H25F3N6OS. The van der Waals surface area contributed by atoms with Crippen LogP contribution in [0.1, 0.15) is 51.2 Å². The number of hydrogen-bond donors (Lipinski definition) is 4. The van der Waals surface area contributed by atoms with Gasteiger partial charge in [0.2, 0.25) is 0 Å². The zero-order valence-corrected chi connectivity index (χ0v) is 20.1. The molecule has 1 aliphatic heterocycles. The lowest BCUT2D eigenvalue weighted by molar-refractivity contribution is -0.173. The lowest BCUT2D eigenvalue weighted by atomic mass is 9.94. The van der Waals surface area contributed by atoms with Gasteiger partial charge in [0.25, 0.3) is 5.91 Å². The number of nitrogens with zero attached hydrogens (tertiary/aromatic N) is 2. The van der Waals surface area contributed by atoms with Crippen LogP contribution in [-0.2, 0) is 0 Å². The number of rotatable bonds is 3. The normalized spacial score (nSPS) is 17.2. The van der Waals surface area contributed by atoms with E-state index in [1.165, 1.54) is 6.07 Å². The first kappa shape index (κ1) is 24.5. The number of hydrogen-bond acceptors (Lipinski definition) is 4. The smallest absolute Gasteiger partial charge is 0.363 e. The average molecular weight is 503 g/mol.